The standard InChI is InChI=1S/C13H17NO3/c1-4-8-14-13(2,12(16)17-3)10-6-5-7-11(15)9-10/h4-7,9,14-15H,1,8H2,2-3H3. The van der Waals surface area contributed by atoms with Crippen molar-refractivity contribution < 1.29 is 14.6 Å². The Morgan fingerprint density at radius 2 is 2.35 bits per heavy atom. The van der Waals surface area contributed by atoms with Gasteiger partial charge < -0.3 is 9.84 Å². The van der Waals surface area contributed by atoms with Crippen molar-refractivity contribution in [2.24, 2.45) is 0 Å². The van der Waals surface area contributed by atoms with Gasteiger partial charge in [0.15, 0.2) is 0 Å². The summed E-state index contributed by atoms with van der Waals surface area (Å²) in [7, 11) is 1.33. The number of rotatable bonds is 5. The molecule has 0 aromatic heterocycles. The molecule has 0 saturated heterocycles. The highest BCUT2D eigenvalue weighted by atomic mass is 16.5. The number of hydrogen-bond donors (Lipinski definition) is 2. The highest BCUT2D eigenvalue weighted by Crippen LogP contribution is 2.25. The maximum Gasteiger partial charge on any atom is 0.330 e. The van der Waals surface area contributed by atoms with Gasteiger partial charge in [0, 0.05) is 6.54 Å². The molecule has 1 atom stereocenters. The summed E-state index contributed by atoms with van der Waals surface area (Å²) < 4.78 is 4.79. The number of carbonyl (C=O) groups excluding carboxylic acids is 1. The van der Waals surface area contributed by atoms with Crippen LogP contribution in [-0.4, -0.2) is 24.7 Å². The Kier molecular flexibility index (Phi) is 4.29. The van der Waals surface area contributed by atoms with Gasteiger partial charge in [-0.3, -0.25) is 5.32 Å². The third-order valence-corrected chi connectivity index (χ3v) is 2.62. The van der Waals surface area contributed by atoms with Crippen LogP contribution in [0.1, 0.15) is 12.5 Å². The zero-order valence-corrected chi connectivity index (χ0v) is 10.1. The van der Waals surface area contributed by atoms with Gasteiger partial charge in [0.2, 0.25) is 0 Å². The van der Waals surface area contributed by atoms with Crippen molar-refractivity contribution in [3.05, 3.63) is 42.5 Å². The summed E-state index contributed by atoms with van der Waals surface area (Å²) in [6, 6.07) is 6.52. The number of methoxy groups -OCH3 is 1. The molecule has 92 valence electrons. The molecule has 4 nitrogen and oxygen atoms in total. The molecule has 0 bridgehead atoms. The van der Waals surface area contributed by atoms with Crippen molar-refractivity contribution in [3.8, 4) is 5.75 Å². The molecule has 0 heterocycles. The van der Waals surface area contributed by atoms with Crippen LogP contribution in [-0.2, 0) is 15.1 Å². The molecule has 17 heavy (non-hydrogen) atoms. The lowest BCUT2D eigenvalue weighted by Gasteiger charge is -2.28. The first-order valence-electron chi connectivity index (χ1n) is 5.28. The molecule has 0 aliphatic heterocycles. The predicted octanol–water partition coefficient (Wildman–Crippen LogP) is 1.56. The highest BCUT2D eigenvalue weighted by Gasteiger charge is 2.35. The number of ether oxygens (including phenoxy) is 1. The Labute approximate surface area is 101 Å². The van der Waals surface area contributed by atoms with E-state index in [4.69, 9.17) is 4.74 Å². The first-order valence-corrected chi connectivity index (χ1v) is 5.28. The fourth-order valence-electron chi connectivity index (χ4n) is 1.59. The summed E-state index contributed by atoms with van der Waals surface area (Å²) in [5.41, 5.74) is -0.354. The maximum atomic E-state index is 11.9. The Hall–Kier alpha value is -1.81. The average Bonchev–Trinajstić information content (AvgIpc) is 2.34. The van der Waals surface area contributed by atoms with Gasteiger partial charge in [-0.15, -0.1) is 6.58 Å². The molecule has 1 aromatic rings. The summed E-state index contributed by atoms with van der Waals surface area (Å²) in [4.78, 5) is 11.9. The van der Waals surface area contributed by atoms with Crippen LogP contribution in [0.15, 0.2) is 36.9 Å². The van der Waals surface area contributed by atoms with E-state index in [-0.39, 0.29) is 5.75 Å². The van der Waals surface area contributed by atoms with Crippen molar-refractivity contribution in [2.45, 2.75) is 12.5 Å². The van der Waals surface area contributed by atoms with Crippen LogP contribution in [0, 0.1) is 0 Å². The number of carbonyl (C=O) groups is 1. The van der Waals surface area contributed by atoms with Crippen LogP contribution in [0.5, 0.6) is 5.75 Å². The summed E-state index contributed by atoms with van der Waals surface area (Å²) in [5, 5.41) is 12.5. The normalized spacial score (nSPS) is 13.8. The first kappa shape index (κ1) is 13.3. The van der Waals surface area contributed by atoms with E-state index in [0.717, 1.165) is 0 Å². The fraction of sp³-hybridized carbons (Fsp3) is 0.308. The van der Waals surface area contributed by atoms with Crippen LogP contribution >= 0.6 is 0 Å². The maximum absolute atomic E-state index is 11.9. The summed E-state index contributed by atoms with van der Waals surface area (Å²) in [5.74, 6) is -0.303. The van der Waals surface area contributed by atoms with Crippen molar-refractivity contribution in [2.75, 3.05) is 13.7 Å². The first-order chi connectivity index (χ1) is 8.04. The number of aromatic hydroxyl groups is 1. The minimum atomic E-state index is -0.998. The number of esters is 1. The van der Waals surface area contributed by atoms with E-state index in [1.807, 2.05) is 0 Å². The second-order valence-corrected chi connectivity index (χ2v) is 3.84. The van der Waals surface area contributed by atoms with Crippen molar-refractivity contribution >= 4 is 5.97 Å². The Morgan fingerprint density at radius 1 is 1.65 bits per heavy atom. The van der Waals surface area contributed by atoms with Gasteiger partial charge in [-0.1, -0.05) is 18.2 Å². The molecule has 2 N–H and O–H groups in total. The topological polar surface area (TPSA) is 58.6 Å². The van der Waals surface area contributed by atoms with Gasteiger partial charge in [-0.05, 0) is 24.6 Å². The third-order valence-electron chi connectivity index (χ3n) is 2.62. The monoisotopic (exact) mass is 235 g/mol. The van der Waals surface area contributed by atoms with Crippen LogP contribution in [0.2, 0.25) is 0 Å². The zero-order valence-electron chi connectivity index (χ0n) is 10.1. The van der Waals surface area contributed by atoms with Gasteiger partial charge in [0.1, 0.15) is 11.3 Å². The van der Waals surface area contributed by atoms with Crippen molar-refractivity contribution in [3.63, 3.8) is 0 Å². The van der Waals surface area contributed by atoms with E-state index >= 15 is 0 Å². The molecule has 1 aromatic carbocycles. The number of nitrogens with one attached hydrogen (secondary N) is 1. The van der Waals surface area contributed by atoms with E-state index < -0.39 is 11.5 Å². The lowest BCUT2D eigenvalue weighted by molar-refractivity contribution is -0.148. The smallest absolute Gasteiger partial charge is 0.330 e. The fourth-order valence-corrected chi connectivity index (χ4v) is 1.59. The van der Waals surface area contributed by atoms with E-state index in [9.17, 15) is 9.90 Å². The van der Waals surface area contributed by atoms with Gasteiger partial charge in [0.05, 0.1) is 7.11 Å². The molecule has 0 spiro atoms. The molecule has 4 heteroatoms. The van der Waals surface area contributed by atoms with Crippen molar-refractivity contribution in [1.82, 2.24) is 5.32 Å². The minimum absolute atomic E-state index is 0.109. The molecule has 0 radical (unpaired) electrons. The van der Waals surface area contributed by atoms with E-state index in [1.54, 1.807) is 31.2 Å². The van der Waals surface area contributed by atoms with Crippen LogP contribution in [0.4, 0.5) is 0 Å². The molecular formula is C13H17NO3. The number of phenols is 1. The molecule has 0 aliphatic carbocycles. The third kappa shape index (κ3) is 2.85. The summed E-state index contributed by atoms with van der Waals surface area (Å²) in [6.07, 6.45) is 1.66. The summed E-state index contributed by atoms with van der Waals surface area (Å²) in [6.45, 7) is 5.76. The molecule has 1 unspecified atom stereocenters. The number of phenolic OH excluding ortho intramolecular Hbond substituents is 1. The van der Waals surface area contributed by atoms with E-state index in [1.165, 1.54) is 13.2 Å². The Balaban J connectivity index is 3.13. The summed E-state index contributed by atoms with van der Waals surface area (Å²) >= 11 is 0. The quantitative estimate of drug-likeness (QED) is 0.600. The number of benzene rings is 1. The van der Waals surface area contributed by atoms with E-state index in [0.29, 0.717) is 12.1 Å². The van der Waals surface area contributed by atoms with Gasteiger partial charge in [-0.25, -0.2) is 4.79 Å². The van der Waals surface area contributed by atoms with Crippen LogP contribution < -0.4 is 5.32 Å². The molecule has 0 saturated carbocycles. The number of hydrogen-bond acceptors (Lipinski definition) is 4. The molecule has 0 amide bonds. The SMILES string of the molecule is C=CCNC(C)(C(=O)OC)c1cccc(O)c1. The lowest BCUT2D eigenvalue weighted by Crippen LogP contribution is -2.47. The predicted molar refractivity (Wildman–Crippen MR) is 65.7 cm³/mol. The molecule has 0 aliphatic rings. The Morgan fingerprint density at radius 3 is 2.88 bits per heavy atom. The Bertz CT molecular complexity index is 417. The van der Waals surface area contributed by atoms with Gasteiger partial charge >= 0.3 is 5.97 Å². The van der Waals surface area contributed by atoms with E-state index in [2.05, 4.69) is 11.9 Å². The van der Waals surface area contributed by atoms with Crippen molar-refractivity contribution in [1.29, 1.82) is 0 Å². The molecular weight excluding hydrogens is 218 g/mol. The second kappa shape index (κ2) is 5.50. The minimum Gasteiger partial charge on any atom is -0.508 e. The van der Waals surface area contributed by atoms with Gasteiger partial charge in [-0.2, -0.15) is 0 Å². The average molecular weight is 235 g/mol. The van der Waals surface area contributed by atoms with Crippen LogP contribution in [0.3, 0.4) is 0 Å². The van der Waals surface area contributed by atoms with Gasteiger partial charge in [0.25, 0.3) is 0 Å². The highest BCUT2D eigenvalue weighted by molar-refractivity contribution is 5.82. The molecule has 0 fully saturated rings. The zero-order chi connectivity index (χ0) is 12.9. The second-order valence-electron chi connectivity index (χ2n) is 3.84. The largest absolute Gasteiger partial charge is 0.508 e. The molecule has 1 rings (SSSR count). The van der Waals surface area contributed by atoms with Crippen LogP contribution in [0.25, 0.3) is 0 Å². The lowest BCUT2D eigenvalue weighted by atomic mass is 9.91.